The van der Waals surface area contributed by atoms with Gasteiger partial charge in [0, 0.05) is 30.4 Å². The lowest BCUT2D eigenvalue weighted by Gasteiger charge is -2.51. The number of halogens is 4. The molecule has 0 saturated carbocycles. The number of aromatic nitrogens is 3. The molecular weight excluding hydrogens is 492 g/mol. The van der Waals surface area contributed by atoms with Gasteiger partial charge in [-0.05, 0) is 32.2 Å². The number of benzene rings is 1. The van der Waals surface area contributed by atoms with Gasteiger partial charge in [-0.25, -0.2) is 19.3 Å². The normalized spacial score (nSPS) is 17.8. The molecule has 1 aromatic carbocycles. The molecule has 0 radical (unpaired) electrons. The van der Waals surface area contributed by atoms with Crippen LogP contribution in [0.5, 0.6) is 5.88 Å². The molecule has 2 aliphatic rings. The van der Waals surface area contributed by atoms with Crippen LogP contribution >= 0.6 is 0 Å². The number of hydrogen-bond acceptors (Lipinski definition) is 7. The Morgan fingerprint density at radius 2 is 1.89 bits per heavy atom. The molecule has 1 saturated heterocycles. The molecule has 2 aliphatic heterocycles. The van der Waals surface area contributed by atoms with Gasteiger partial charge in [0.05, 0.1) is 31.0 Å². The number of anilines is 2. The molecule has 0 aliphatic carbocycles. The van der Waals surface area contributed by atoms with Gasteiger partial charge in [-0.1, -0.05) is 12.1 Å². The average Bonchev–Trinajstić information content (AvgIpc) is 2.84. The molecule has 4 heterocycles. The summed E-state index contributed by atoms with van der Waals surface area (Å²) in [4.78, 5) is 30.4. The molecule has 37 heavy (non-hydrogen) atoms. The van der Waals surface area contributed by atoms with Crippen molar-refractivity contribution < 1.29 is 27.1 Å². The minimum atomic E-state index is -4.82. The van der Waals surface area contributed by atoms with Crippen molar-refractivity contribution in [3.8, 4) is 5.88 Å². The number of fused-ring (bicyclic) bond motifs is 2. The summed E-state index contributed by atoms with van der Waals surface area (Å²) < 4.78 is 60.0. The lowest BCUT2D eigenvalue weighted by atomic mass is 9.71. The topological polar surface area (TPSA) is 83.5 Å². The molecule has 194 valence electrons. The monoisotopic (exact) mass is 516 g/mol. The first-order valence-corrected chi connectivity index (χ1v) is 11.5. The van der Waals surface area contributed by atoms with Gasteiger partial charge in [0.1, 0.15) is 29.1 Å². The van der Waals surface area contributed by atoms with Gasteiger partial charge in [0.15, 0.2) is 0 Å². The summed E-state index contributed by atoms with van der Waals surface area (Å²) in [6.45, 7) is 2.47. The molecule has 8 nitrogen and oxygen atoms in total. The highest BCUT2D eigenvalue weighted by Gasteiger charge is 2.56. The van der Waals surface area contributed by atoms with Gasteiger partial charge in [-0.15, -0.1) is 0 Å². The maximum absolute atomic E-state index is 14.8. The largest absolute Gasteiger partial charge is 0.480 e. The Morgan fingerprint density at radius 3 is 2.57 bits per heavy atom. The van der Waals surface area contributed by atoms with Crippen LogP contribution in [0.4, 0.5) is 29.1 Å². The van der Waals surface area contributed by atoms with Crippen LogP contribution in [0.25, 0.3) is 0 Å². The highest BCUT2D eigenvalue weighted by molar-refractivity contribution is 6.05. The summed E-state index contributed by atoms with van der Waals surface area (Å²) in [7, 11) is 3.35. The first kappa shape index (κ1) is 24.9. The molecule has 1 amide bonds. The standard InChI is InChI=1S/C25H24F4N6O2/c1-14(15-6-4-7-17(19(15)26)25(27,28)29)33-21-16-10-35(18-8-5-9-30-22(18)37-3)23(36)24(11-34(2)12-24)20(16)31-13-32-21/h4-9,13-14H,10-12H2,1-3H3,(H,31,32,33)/t14-/m1/s1. The number of pyridine rings is 1. The van der Waals surface area contributed by atoms with Gasteiger partial charge in [-0.3, -0.25) is 4.79 Å². The van der Waals surface area contributed by atoms with Crippen molar-refractivity contribution in [2.45, 2.75) is 31.1 Å². The Hall–Kier alpha value is -3.80. The molecule has 0 unspecified atom stereocenters. The maximum Gasteiger partial charge on any atom is 0.419 e. The Labute approximate surface area is 210 Å². The third-order valence-electron chi connectivity index (χ3n) is 6.84. The van der Waals surface area contributed by atoms with E-state index >= 15 is 0 Å². The van der Waals surface area contributed by atoms with Gasteiger partial charge in [-0.2, -0.15) is 13.2 Å². The molecule has 0 bridgehead atoms. The zero-order valence-electron chi connectivity index (χ0n) is 20.3. The summed E-state index contributed by atoms with van der Waals surface area (Å²) in [5.41, 5.74) is -0.809. The first-order valence-electron chi connectivity index (χ1n) is 11.5. The van der Waals surface area contributed by atoms with Gasteiger partial charge in [0.25, 0.3) is 0 Å². The molecule has 1 spiro atoms. The van der Waals surface area contributed by atoms with E-state index in [9.17, 15) is 22.4 Å². The predicted octanol–water partition coefficient (Wildman–Crippen LogP) is 3.94. The van der Waals surface area contributed by atoms with Crippen molar-refractivity contribution in [3.63, 3.8) is 0 Å². The number of hydrogen-bond donors (Lipinski definition) is 1. The van der Waals surface area contributed by atoms with Crippen molar-refractivity contribution in [2.24, 2.45) is 0 Å². The van der Waals surface area contributed by atoms with Crippen molar-refractivity contribution >= 4 is 17.4 Å². The Kier molecular flexibility index (Phi) is 6.01. The zero-order valence-corrected chi connectivity index (χ0v) is 20.3. The van der Waals surface area contributed by atoms with E-state index in [1.807, 2.05) is 11.9 Å². The van der Waals surface area contributed by atoms with Crippen LogP contribution in [0.15, 0.2) is 42.9 Å². The lowest BCUT2D eigenvalue weighted by molar-refractivity contribution is -0.140. The fourth-order valence-corrected chi connectivity index (χ4v) is 5.17. The van der Waals surface area contributed by atoms with Crippen molar-refractivity contribution in [2.75, 3.05) is 37.5 Å². The van der Waals surface area contributed by atoms with E-state index in [0.29, 0.717) is 41.9 Å². The first-order chi connectivity index (χ1) is 17.6. The zero-order chi connectivity index (χ0) is 26.5. The summed E-state index contributed by atoms with van der Waals surface area (Å²) >= 11 is 0. The Morgan fingerprint density at radius 1 is 1.14 bits per heavy atom. The third kappa shape index (κ3) is 4.05. The number of likely N-dealkylation sites (tertiary alicyclic amines) is 1. The highest BCUT2D eigenvalue weighted by Crippen LogP contribution is 2.45. The van der Waals surface area contributed by atoms with E-state index in [0.717, 1.165) is 0 Å². The second-order valence-corrected chi connectivity index (χ2v) is 9.30. The van der Waals surface area contributed by atoms with Gasteiger partial charge < -0.3 is 19.9 Å². The van der Waals surface area contributed by atoms with Crippen LogP contribution in [-0.4, -0.2) is 53.0 Å². The number of carbonyl (C=O) groups is 1. The number of likely N-dealkylation sites (N-methyl/N-ethyl adjacent to an activating group) is 1. The average molecular weight is 516 g/mol. The minimum Gasteiger partial charge on any atom is -0.480 e. The fourth-order valence-electron chi connectivity index (χ4n) is 5.17. The van der Waals surface area contributed by atoms with Gasteiger partial charge in [0.2, 0.25) is 11.8 Å². The molecule has 1 fully saturated rings. The number of nitrogens with zero attached hydrogens (tertiary/aromatic N) is 5. The van der Waals surface area contributed by atoms with Crippen molar-refractivity contribution in [1.82, 2.24) is 19.9 Å². The predicted molar refractivity (Wildman–Crippen MR) is 127 cm³/mol. The van der Waals surface area contributed by atoms with E-state index in [1.165, 1.54) is 25.6 Å². The van der Waals surface area contributed by atoms with E-state index in [1.54, 1.807) is 30.2 Å². The molecule has 12 heteroatoms. The van der Waals surface area contributed by atoms with Gasteiger partial charge >= 0.3 is 6.18 Å². The van der Waals surface area contributed by atoms with Crippen LogP contribution < -0.4 is 15.0 Å². The number of nitrogens with one attached hydrogen (secondary N) is 1. The molecule has 3 aromatic rings. The second kappa shape index (κ2) is 8.94. The highest BCUT2D eigenvalue weighted by atomic mass is 19.4. The van der Waals surface area contributed by atoms with Crippen LogP contribution in [0, 0.1) is 5.82 Å². The summed E-state index contributed by atoms with van der Waals surface area (Å²) in [5, 5.41) is 3.06. The fraction of sp³-hybridized carbons (Fsp3) is 0.360. The number of methoxy groups -OCH3 is 1. The van der Waals surface area contributed by atoms with Crippen molar-refractivity contribution in [3.05, 3.63) is 71.1 Å². The van der Waals surface area contributed by atoms with E-state index in [2.05, 4.69) is 20.3 Å². The van der Waals surface area contributed by atoms with Crippen LogP contribution in [0.2, 0.25) is 0 Å². The number of alkyl halides is 3. The quantitative estimate of drug-likeness (QED) is 0.515. The molecule has 1 atom stereocenters. The summed E-state index contributed by atoms with van der Waals surface area (Å²) in [6, 6.07) is 5.74. The molecule has 2 aromatic heterocycles. The van der Waals surface area contributed by atoms with E-state index < -0.39 is 29.0 Å². The van der Waals surface area contributed by atoms with E-state index in [4.69, 9.17) is 4.74 Å². The molecular formula is C25H24F4N6O2. The van der Waals surface area contributed by atoms with Crippen LogP contribution in [-0.2, 0) is 22.9 Å². The molecule has 1 N–H and O–H groups in total. The maximum atomic E-state index is 14.8. The Balaban J connectivity index is 1.57. The minimum absolute atomic E-state index is 0.0721. The number of ether oxygens (including phenoxy) is 1. The van der Waals surface area contributed by atoms with Crippen molar-refractivity contribution in [1.29, 1.82) is 0 Å². The second-order valence-electron chi connectivity index (χ2n) is 9.30. The lowest BCUT2D eigenvalue weighted by Crippen LogP contribution is -2.68. The smallest absolute Gasteiger partial charge is 0.419 e. The van der Waals surface area contributed by atoms with E-state index in [-0.39, 0.29) is 23.9 Å². The third-order valence-corrected chi connectivity index (χ3v) is 6.84. The van der Waals surface area contributed by atoms with Crippen LogP contribution in [0.3, 0.4) is 0 Å². The summed E-state index contributed by atoms with van der Waals surface area (Å²) in [6.07, 6.45) is -1.96. The number of carbonyl (C=O) groups excluding carboxylic acids is 1. The number of rotatable bonds is 5. The number of amides is 1. The molecule has 5 rings (SSSR count). The van der Waals surface area contributed by atoms with Crippen LogP contribution in [0.1, 0.15) is 35.3 Å². The SMILES string of the molecule is COc1ncccc1N1Cc2c(N[C@H](C)c3cccc(C(F)(F)F)c3F)ncnc2C2(CN(C)C2)C1=O. The summed E-state index contributed by atoms with van der Waals surface area (Å²) in [5.74, 6) is -0.922. The Bertz CT molecular complexity index is 1360.